The molecule has 4 nitrogen and oxygen atoms in total. The second kappa shape index (κ2) is 11.6. The topological polar surface area (TPSA) is 26.8 Å². The van der Waals surface area contributed by atoms with Crippen molar-refractivity contribution in [1.29, 1.82) is 0 Å². The van der Waals surface area contributed by atoms with Gasteiger partial charge in [0.25, 0.3) is 0 Å². The molecule has 0 saturated carbocycles. The van der Waals surface area contributed by atoms with Crippen LogP contribution in [0, 0.1) is 18.7 Å². The van der Waals surface area contributed by atoms with E-state index >= 15 is 0 Å². The monoisotopic (exact) mass is 573 g/mol. The third-order valence-electron chi connectivity index (χ3n) is 8.24. The number of alkyl halides is 6. The van der Waals surface area contributed by atoms with Gasteiger partial charge in [-0.3, -0.25) is 0 Å². The van der Waals surface area contributed by atoms with Gasteiger partial charge in [0, 0.05) is 20.1 Å². The SMILES string of the molecule is Cc1cc(F)ccc1[C@H]1[C@H](CN2CCCCC2)CCN1C(=O)N(C)[C@H](C)c1cc(C(F)(F)F)cc(C(F)(F)F)c1. The van der Waals surface area contributed by atoms with Crippen molar-refractivity contribution in [1.82, 2.24) is 14.7 Å². The van der Waals surface area contributed by atoms with Crippen molar-refractivity contribution in [3.8, 4) is 0 Å². The summed E-state index contributed by atoms with van der Waals surface area (Å²) in [6.07, 6.45) is -5.95. The molecule has 0 unspecified atom stereocenters. The zero-order valence-electron chi connectivity index (χ0n) is 22.7. The first-order valence-corrected chi connectivity index (χ1v) is 13.5. The summed E-state index contributed by atoms with van der Waals surface area (Å²) < 4.78 is 94.7. The van der Waals surface area contributed by atoms with E-state index in [1.807, 2.05) is 0 Å². The Balaban J connectivity index is 1.65. The smallest absolute Gasteiger partial charge is 0.321 e. The molecule has 0 bridgehead atoms. The second-order valence-electron chi connectivity index (χ2n) is 11.0. The van der Waals surface area contributed by atoms with E-state index in [2.05, 4.69) is 4.90 Å². The molecule has 0 N–H and O–H groups in total. The summed E-state index contributed by atoms with van der Waals surface area (Å²) in [5.74, 6) is -0.360. The maximum absolute atomic E-state index is 14.0. The molecule has 0 aromatic heterocycles. The highest BCUT2D eigenvalue weighted by molar-refractivity contribution is 5.76. The predicted octanol–water partition coefficient (Wildman–Crippen LogP) is 7.83. The van der Waals surface area contributed by atoms with Gasteiger partial charge in [0.1, 0.15) is 5.82 Å². The van der Waals surface area contributed by atoms with E-state index in [9.17, 15) is 35.5 Å². The van der Waals surface area contributed by atoms with E-state index in [0.717, 1.165) is 38.0 Å². The van der Waals surface area contributed by atoms with Crippen LogP contribution in [0.4, 0.5) is 35.5 Å². The molecule has 2 saturated heterocycles. The van der Waals surface area contributed by atoms with Gasteiger partial charge in [-0.1, -0.05) is 12.5 Å². The minimum Gasteiger partial charge on any atom is -0.321 e. The lowest BCUT2D eigenvalue weighted by Crippen LogP contribution is -2.44. The third-order valence-corrected chi connectivity index (χ3v) is 8.24. The summed E-state index contributed by atoms with van der Waals surface area (Å²) in [4.78, 5) is 19.0. The molecule has 0 aliphatic carbocycles. The van der Waals surface area contributed by atoms with Crippen LogP contribution >= 0.6 is 0 Å². The largest absolute Gasteiger partial charge is 0.416 e. The van der Waals surface area contributed by atoms with Gasteiger partial charge in [0.2, 0.25) is 0 Å². The molecular formula is C29H34F7N3O. The number of carbonyl (C=O) groups is 1. The van der Waals surface area contributed by atoms with Gasteiger partial charge < -0.3 is 14.7 Å². The van der Waals surface area contributed by atoms with E-state index in [4.69, 9.17) is 0 Å². The average Bonchev–Trinajstić information content (AvgIpc) is 3.29. The van der Waals surface area contributed by atoms with Gasteiger partial charge in [-0.2, -0.15) is 26.3 Å². The van der Waals surface area contributed by atoms with Gasteiger partial charge in [-0.05, 0) is 99.1 Å². The van der Waals surface area contributed by atoms with Crippen molar-refractivity contribution < 1.29 is 35.5 Å². The molecule has 3 atom stereocenters. The first-order chi connectivity index (χ1) is 18.7. The van der Waals surface area contributed by atoms with Crippen LogP contribution in [0.1, 0.15) is 72.5 Å². The normalized spacial score (nSPS) is 21.5. The number of halogens is 7. The first-order valence-electron chi connectivity index (χ1n) is 13.5. The summed E-state index contributed by atoms with van der Waals surface area (Å²) in [5, 5.41) is 0. The van der Waals surface area contributed by atoms with Crippen molar-refractivity contribution in [2.45, 2.75) is 64.0 Å². The van der Waals surface area contributed by atoms with Crippen molar-refractivity contribution in [3.63, 3.8) is 0 Å². The van der Waals surface area contributed by atoms with Crippen molar-refractivity contribution in [2.24, 2.45) is 5.92 Å². The Morgan fingerprint density at radius 2 is 1.55 bits per heavy atom. The molecule has 40 heavy (non-hydrogen) atoms. The van der Waals surface area contributed by atoms with Gasteiger partial charge >= 0.3 is 18.4 Å². The highest BCUT2D eigenvalue weighted by Gasteiger charge is 2.42. The number of piperidine rings is 1. The number of nitrogens with zero attached hydrogens (tertiary/aromatic N) is 3. The van der Waals surface area contributed by atoms with E-state index < -0.39 is 47.4 Å². The number of rotatable bonds is 5. The molecule has 11 heteroatoms. The molecule has 220 valence electrons. The zero-order valence-corrected chi connectivity index (χ0v) is 22.7. The lowest BCUT2D eigenvalue weighted by atomic mass is 9.90. The molecular weight excluding hydrogens is 539 g/mol. The Kier molecular flexibility index (Phi) is 8.73. The zero-order chi connectivity index (χ0) is 29.4. The van der Waals surface area contributed by atoms with Crippen LogP contribution in [-0.4, -0.2) is 54.0 Å². The minimum absolute atomic E-state index is 0.0420. The van der Waals surface area contributed by atoms with E-state index in [-0.39, 0.29) is 17.5 Å². The average molecular weight is 574 g/mol. The minimum atomic E-state index is -4.99. The molecule has 2 aliphatic rings. The Bertz CT molecular complexity index is 1170. The van der Waals surface area contributed by atoms with Crippen LogP contribution in [0.2, 0.25) is 0 Å². The Hall–Kier alpha value is -2.82. The first kappa shape index (κ1) is 30.1. The number of amides is 2. The van der Waals surface area contributed by atoms with Crippen LogP contribution in [-0.2, 0) is 12.4 Å². The maximum atomic E-state index is 14.0. The summed E-state index contributed by atoms with van der Waals surface area (Å²) in [6, 6.07) is 3.82. The predicted molar refractivity (Wildman–Crippen MR) is 137 cm³/mol. The second-order valence-corrected chi connectivity index (χ2v) is 11.0. The van der Waals surface area contributed by atoms with Crippen molar-refractivity contribution >= 4 is 6.03 Å². The van der Waals surface area contributed by atoms with Crippen LogP contribution in [0.3, 0.4) is 0 Å². The summed E-state index contributed by atoms with van der Waals surface area (Å²) in [5.41, 5.74) is -1.65. The molecule has 2 aromatic rings. The number of aryl methyl sites for hydroxylation is 1. The fraction of sp³-hybridized carbons (Fsp3) is 0.552. The summed E-state index contributed by atoms with van der Waals surface area (Å²) >= 11 is 0. The summed E-state index contributed by atoms with van der Waals surface area (Å²) in [6.45, 7) is 6.19. The van der Waals surface area contributed by atoms with Crippen LogP contribution in [0.25, 0.3) is 0 Å². The fourth-order valence-corrected chi connectivity index (χ4v) is 5.94. The van der Waals surface area contributed by atoms with Crippen LogP contribution in [0.5, 0.6) is 0 Å². The lowest BCUT2D eigenvalue weighted by Gasteiger charge is -2.37. The maximum Gasteiger partial charge on any atom is 0.416 e. The molecule has 2 amide bonds. The molecule has 0 spiro atoms. The number of benzene rings is 2. The summed E-state index contributed by atoms with van der Waals surface area (Å²) in [7, 11) is 1.38. The molecule has 4 rings (SSSR count). The fourth-order valence-electron chi connectivity index (χ4n) is 5.94. The number of urea groups is 1. The van der Waals surface area contributed by atoms with Crippen molar-refractivity contribution in [2.75, 3.05) is 33.2 Å². The van der Waals surface area contributed by atoms with Gasteiger partial charge in [-0.15, -0.1) is 0 Å². The van der Waals surface area contributed by atoms with E-state index in [0.29, 0.717) is 30.7 Å². The molecule has 2 heterocycles. The van der Waals surface area contributed by atoms with Crippen molar-refractivity contribution in [3.05, 3.63) is 70.0 Å². The van der Waals surface area contributed by atoms with Crippen LogP contribution < -0.4 is 0 Å². The number of carbonyl (C=O) groups excluding carboxylic acids is 1. The standard InChI is InChI=1S/C29H34F7N3O/c1-18-13-24(30)7-8-25(18)26-20(17-38-10-5-4-6-11-38)9-12-39(26)27(40)37(3)19(2)21-14-22(28(31,32)33)16-23(15-21)29(34,35)36/h7-8,13-16,19-20,26H,4-6,9-12,17H2,1-3H3/t19-,20+,26-/m1/s1. The lowest BCUT2D eigenvalue weighted by molar-refractivity contribution is -0.143. The third kappa shape index (κ3) is 6.56. The number of hydrogen-bond donors (Lipinski definition) is 0. The van der Waals surface area contributed by atoms with Crippen LogP contribution in [0.15, 0.2) is 36.4 Å². The Morgan fingerprint density at radius 3 is 2.10 bits per heavy atom. The van der Waals surface area contributed by atoms with Gasteiger partial charge in [0.05, 0.1) is 23.2 Å². The number of hydrogen-bond acceptors (Lipinski definition) is 2. The molecule has 2 fully saturated rings. The Morgan fingerprint density at radius 1 is 0.950 bits per heavy atom. The highest BCUT2D eigenvalue weighted by atomic mass is 19.4. The molecule has 0 radical (unpaired) electrons. The quantitative estimate of drug-likeness (QED) is 0.341. The molecule has 2 aromatic carbocycles. The van der Waals surface area contributed by atoms with Gasteiger partial charge in [0.15, 0.2) is 0 Å². The molecule has 2 aliphatic heterocycles. The van der Waals surface area contributed by atoms with E-state index in [1.165, 1.54) is 37.4 Å². The Labute approximate surface area is 229 Å². The van der Waals surface area contributed by atoms with E-state index in [1.54, 1.807) is 17.9 Å². The highest BCUT2D eigenvalue weighted by Crippen LogP contribution is 2.42. The van der Waals surface area contributed by atoms with Gasteiger partial charge in [-0.25, -0.2) is 9.18 Å². The number of likely N-dealkylation sites (tertiary alicyclic amines) is 2.